The highest BCUT2D eigenvalue weighted by atomic mass is 16.1. The highest BCUT2D eigenvalue weighted by Crippen LogP contribution is 2.15. The molecule has 0 aliphatic carbocycles. The minimum absolute atomic E-state index is 0.243. The van der Waals surface area contributed by atoms with Crippen molar-refractivity contribution in [3.05, 3.63) is 0 Å². The molecule has 3 N–H and O–H groups in total. The topological polar surface area (TPSA) is 61.6 Å². The quantitative estimate of drug-likeness (QED) is 0.642. The van der Waals surface area contributed by atoms with Crippen LogP contribution in [-0.2, 0) is 4.79 Å². The second-order valence-electron chi connectivity index (χ2n) is 6.33. The zero-order chi connectivity index (χ0) is 15.2. The number of carbonyl (C=O) groups excluding carboxylic acids is 1. The van der Waals surface area contributed by atoms with Crippen LogP contribution in [0, 0.1) is 0 Å². The van der Waals surface area contributed by atoms with E-state index in [9.17, 15) is 4.79 Å². The highest BCUT2D eigenvalue weighted by Gasteiger charge is 2.29. The number of unbranched alkanes of at least 4 members (excludes halogenated alkanes) is 1. The monoisotopic (exact) mass is 284 g/mol. The molecular weight excluding hydrogens is 252 g/mol. The molecule has 118 valence electrons. The van der Waals surface area contributed by atoms with Crippen LogP contribution in [0.15, 0.2) is 0 Å². The van der Waals surface area contributed by atoms with Crippen LogP contribution < -0.4 is 11.1 Å². The first-order chi connectivity index (χ1) is 9.39. The summed E-state index contributed by atoms with van der Waals surface area (Å²) in [5, 5.41) is 3.22. The molecule has 20 heavy (non-hydrogen) atoms. The van der Waals surface area contributed by atoms with E-state index in [-0.39, 0.29) is 5.91 Å². The standard InChI is InChI=1S/C15H32N4O/c1-5-17-15(3,14(16)20)8-6-7-9-19-11-10-18(4)12-13(19)2/h13,17H,5-12H2,1-4H3,(H2,16,20). The van der Waals surface area contributed by atoms with Gasteiger partial charge in [0, 0.05) is 25.7 Å². The zero-order valence-electron chi connectivity index (χ0n) is 13.6. The van der Waals surface area contributed by atoms with Gasteiger partial charge in [-0.05, 0) is 53.2 Å². The van der Waals surface area contributed by atoms with Gasteiger partial charge in [0.2, 0.25) is 5.91 Å². The summed E-state index contributed by atoms with van der Waals surface area (Å²) in [7, 11) is 2.18. The Balaban J connectivity index is 2.28. The Morgan fingerprint density at radius 1 is 1.40 bits per heavy atom. The van der Waals surface area contributed by atoms with Gasteiger partial charge in [-0.3, -0.25) is 9.69 Å². The lowest BCUT2D eigenvalue weighted by Crippen LogP contribution is -2.53. The van der Waals surface area contributed by atoms with E-state index in [0.29, 0.717) is 6.04 Å². The lowest BCUT2D eigenvalue weighted by Gasteiger charge is -2.38. The van der Waals surface area contributed by atoms with Crippen molar-refractivity contribution < 1.29 is 4.79 Å². The van der Waals surface area contributed by atoms with Crippen molar-refractivity contribution >= 4 is 5.91 Å². The molecule has 0 saturated carbocycles. The van der Waals surface area contributed by atoms with Crippen molar-refractivity contribution in [3.8, 4) is 0 Å². The lowest BCUT2D eigenvalue weighted by molar-refractivity contribution is -0.124. The van der Waals surface area contributed by atoms with Crippen LogP contribution in [0.5, 0.6) is 0 Å². The van der Waals surface area contributed by atoms with Gasteiger partial charge in [-0.25, -0.2) is 0 Å². The summed E-state index contributed by atoms with van der Waals surface area (Å²) in [6.45, 7) is 11.6. The first-order valence-corrected chi connectivity index (χ1v) is 7.86. The van der Waals surface area contributed by atoms with Crippen LogP contribution in [0.2, 0.25) is 0 Å². The second kappa shape index (κ2) is 7.96. The van der Waals surface area contributed by atoms with E-state index in [2.05, 4.69) is 29.1 Å². The molecule has 0 aromatic rings. The van der Waals surface area contributed by atoms with E-state index in [4.69, 9.17) is 5.73 Å². The van der Waals surface area contributed by atoms with E-state index in [1.54, 1.807) is 0 Å². The molecule has 1 rings (SSSR count). The molecule has 2 unspecified atom stereocenters. The average Bonchev–Trinajstić information content (AvgIpc) is 2.37. The predicted molar refractivity (Wildman–Crippen MR) is 83.7 cm³/mol. The van der Waals surface area contributed by atoms with Crippen molar-refractivity contribution in [2.24, 2.45) is 5.73 Å². The maximum Gasteiger partial charge on any atom is 0.237 e. The predicted octanol–water partition coefficient (Wildman–Crippen LogP) is 0.646. The Morgan fingerprint density at radius 3 is 2.65 bits per heavy atom. The molecular formula is C15H32N4O. The molecule has 0 radical (unpaired) electrons. The molecule has 1 heterocycles. The van der Waals surface area contributed by atoms with E-state index >= 15 is 0 Å². The summed E-state index contributed by atoms with van der Waals surface area (Å²) in [6, 6.07) is 0.630. The number of carbonyl (C=O) groups is 1. The van der Waals surface area contributed by atoms with Gasteiger partial charge in [0.15, 0.2) is 0 Å². The molecule has 1 aliphatic rings. The number of hydrogen-bond acceptors (Lipinski definition) is 4. The number of nitrogens with two attached hydrogens (primary N) is 1. The summed E-state index contributed by atoms with van der Waals surface area (Å²) in [5.74, 6) is -0.243. The van der Waals surface area contributed by atoms with E-state index in [1.807, 2.05) is 13.8 Å². The van der Waals surface area contributed by atoms with Crippen LogP contribution in [-0.4, -0.2) is 67.1 Å². The van der Waals surface area contributed by atoms with Gasteiger partial charge in [0.05, 0.1) is 5.54 Å². The fourth-order valence-corrected chi connectivity index (χ4v) is 2.99. The minimum Gasteiger partial charge on any atom is -0.368 e. The van der Waals surface area contributed by atoms with Gasteiger partial charge in [-0.15, -0.1) is 0 Å². The fraction of sp³-hybridized carbons (Fsp3) is 0.933. The number of likely N-dealkylation sites (N-methyl/N-ethyl adjacent to an activating group) is 2. The molecule has 0 bridgehead atoms. The molecule has 1 saturated heterocycles. The smallest absolute Gasteiger partial charge is 0.237 e. The van der Waals surface area contributed by atoms with E-state index in [0.717, 1.165) is 52.0 Å². The summed E-state index contributed by atoms with van der Waals surface area (Å²) in [5.41, 5.74) is 4.95. The Hall–Kier alpha value is -0.650. The van der Waals surface area contributed by atoms with Crippen LogP contribution in [0.3, 0.4) is 0 Å². The molecule has 5 heteroatoms. The van der Waals surface area contributed by atoms with Crippen LogP contribution >= 0.6 is 0 Å². The van der Waals surface area contributed by atoms with E-state index < -0.39 is 5.54 Å². The molecule has 0 aromatic heterocycles. The van der Waals surface area contributed by atoms with Gasteiger partial charge >= 0.3 is 0 Å². The number of amides is 1. The van der Waals surface area contributed by atoms with Gasteiger partial charge in [0.25, 0.3) is 0 Å². The third-order valence-corrected chi connectivity index (χ3v) is 4.45. The Labute approximate surface area is 123 Å². The maximum atomic E-state index is 11.5. The van der Waals surface area contributed by atoms with Crippen LogP contribution in [0.4, 0.5) is 0 Å². The number of piperazine rings is 1. The maximum absolute atomic E-state index is 11.5. The number of nitrogens with one attached hydrogen (secondary N) is 1. The summed E-state index contributed by atoms with van der Waals surface area (Å²) in [4.78, 5) is 16.5. The van der Waals surface area contributed by atoms with Crippen molar-refractivity contribution in [2.75, 3.05) is 39.8 Å². The van der Waals surface area contributed by atoms with Crippen molar-refractivity contribution in [3.63, 3.8) is 0 Å². The fourth-order valence-electron chi connectivity index (χ4n) is 2.99. The molecule has 1 aliphatic heterocycles. The van der Waals surface area contributed by atoms with Crippen LogP contribution in [0.25, 0.3) is 0 Å². The zero-order valence-corrected chi connectivity index (χ0v) is 13.6. The normalized spacial score (nSPS) is 24.5. The Kier molecular flexibility index (Phi) is 6.92. The van der Waals surface area contributed by atoms with Crippen LogP contribution in [0.1, 0.15) is 40.0 Å². The van der Waals surface area contributed by atoms with E-state index in [1.165, 1.54) is 0 Å². The first kappa shape index (κ1) is 17.4. The molecule has 0 aromatic carbocycles. The number of hydrogen-bond donors (Lipinski definition) is 2. The molecule has 1 amide bonds. The summed E-state index contributed by atoms with van der Waals surface area (Å²) >= 11 is 0. The third-order valence-electron chi connectivity index (χ3n) is 4.45. The minimum atomic E-state index is -0.553. The largest absolute Gasteiger partial charge is 0.368 e. The first-order valence-electron chi connectivity index (χ1n) is 7.86. The highest BCUT2D eigenvalue weighted by molar-refractivity contribution is 5.84. The SMILES string of the molecule is CCNC(C)(CCCCN1CCN(C)CC1C)C(N)=O. The van der Waals surface area contributed by atoms with Gasteiger partial charge in [-0.1, -0.05) is 6.92 Å². The molecule has 5 nitrogen and oxygen atoms in total. The lowest BCUT2D eigenvalue weighted by atomic mass is 9.93. The average molecular weight is 284 g/mol. The molecule has 1 fully saturated rings. The number of primary amides is 1. The van der Waals surface area contributed by atoms with Gasteiger partial charge in [0.1, 0.15) is 0 Å². The summed E-state index contributed by atoms with van der Waals surface area (Å²) in [6.07, 6.45) is 2.98. The molecule has 2 atom stereocenters. The van der Waals surface area contributed by atoms with Crippen molar-refractivity contribution in [1.29, 1.82) is 0 Å². The third kappa shape index (κ3) is 5.04. The van der Waals surface area contributed by atoms with Crippen molar-refractivity contribution in [2.45, 2.75) is 51.6 Å². The van der Waals surface area contributed by atoms with Crippen molar-refractivity contribution in [1.82, 2.24) is 15.1 Å². The summed E-state index contributed by atoms with van der Waals surface area (Å²) < 4.78 is 0. The number of rotatable bonds is 8. The second-order valence-corrected chi connectivity index (χ2v) is 6.33. The Bertz CT molecular complexity index is 310. The molecule has 0 spiro atoms. The van der Waals surface area contributed by atoms with Gasteiger partial charge < -0.3 is 16.0 Å². The Morgan fingerprint density at radius 2 is 2.10 bits per heavy atom. The van der Waals surface area contributed by atoms with Gasteiger partial charge in [-0.2, -0.15) is 0 Å². The number of nitrogens with zero attached hydrogens (tertiary/aromatic N) is 2.